The molecule has 26 heavy (non-hydrogen) atoms. The van der Waals surface area contributed by atoms with Crippen molar-refractivity contribution >= 4 is 26.0 Å². The lowest BCUT2D eigenvalue weighted by molar-refractivity contribution is -0.142. The van der Waals surface area contributed by atoms with Crippen molar-refractivity contribution in [3.05, 3.63) is 27.8 Å². The van der Waals surface area contributed by atoms with Gasteiger partial charge in [-0.2, -0.15) is 23.4 Å². The molecule has 7 nitrogen and oxygen atoms in total. The number of hydrogen-bond acceptors (Lipinski definition) is 4. The minimum absolute atomic E-state index is 0.0668. The molecule has 0 atom stereocenters. The Hall–Kier alpha value is -1.40. The summed E-state index contributed by atoms with van der Waals surface area (Å²) in [5, 5.41) is 7.55. The van der Waals surface area contributed by atoms with Crippen molar-refractivity contribution in [1.29, 1.82) is 0 Å². The van der Waals surface area contributed by atoms with E-state index in [4.69, 9.17) is 0 Å². The van der Waals surface area contributed by atoms with Crippen molar-refractivity contribution in [3.8, 4) is 0 Å². The van der Waals surface area contributed by atoms with Gasteiger partial charge in [0.1, 0.15) is 4.90 Å². The third-order valence-corrected chi connectivity index (χ3v) is 6.40. The van der Waals surface area contributed by atoms with Crippen LogP contribution in [0.15, 0.2) is 15.6 Å². The predicted octanol–water partition coefficient (Wildman–Crippen LogP) is 2.87. The van der Waals surface area contributed by atoms with Gasteiger partial charge in [-0.3, -0.25) is 9.36 Å². The molecular weight excluding hydrogens is 439 g/mol. The van der Waals surface area contributed by atoms with Gasteiger partial charge in [0.05, 0.1) is 22.1 Å². The number of aromatic nitrogens is 4. The van der Waals surface area contributed by atoms with Crippen LogP contribution in [0.3, 0.4) is 0 Å². The molecule has 12 heteroatoms. The number of aryl methyl sites for hydroxylation is 2. The Kier molecular flexibility index (Phi) is 6.18. The van der Waals surface area contributed by atoms with Gasteiger partial charge < -0.3 is 0 Å². The van der Waals surface area contributed by atoms with Crippen LogP contribution in [-0.2, 0) is 29.3 Å². The average Bonchev–Trinajstić information content (AvgIpc) is 3.05. The fraction of sp³-hybridized carbons (Fsp3) is 0.571. The lowest BCUT2D eigenvalue weighted by Crippen LogP contribution is -2.26. The molecule has 0 aliphatic heterocycles. The Bertz CT molecular complexity index is 889. The summed E-state index contributed by atoms with van der Waals surface area (Å²) in [4.78, 5) is 0.0942. The zero-order valence-electron chi connectivity index (χ0n) is 14.4. The molecule has 0 saturated carbocycles. The van der Waals surface area contributed by atoms with E-state index in [1.54, 1.807) is 11.6 Å². The van der Waals surface area contributed by atoms with Gasteiger partial charge in [0.15, 0.2) is 5.69 Å². The predicted molar refractivity (Wildman–Crippen MR) is 92.1 cm³/mol. The van der Waals surface area contributed by atoms with Gasteiger partial charge in [0.25, 0.3) is 0 Å². The van der Waals surface area contributed by atoms with E-state index in [-0.39, 0.29) is 28.9 Å². The molecule has 0 aliphatic carbocycles. The molecule has 0 aromatic carbocycles. The Balaban J connectivity index is 2.00. The van der Waals surface area contributed by atoms with Crippen molar-refractivity contribution in [2.75, 3.05) is 6.54 Å². The van der Waals surface area contributed by atoms with Gasteiger partial charge in [0.2, 0.25) is 10.0 Å². The van der Waals surface area contributed by atoms with Gasteiger partial charge in [0, 0.05) is 19.6 Å². The second-order valence-electron chi connectivity index (χ2n) is 5.63. The molecule has 0 fully saturated rings. The topological polar surface area (TPSA) is 81.8 Å². The highest BCUT2D eigenvalue weighted by Gasteiger charge is 2.37. The van der Waals surface area contributed by atoms with Crippen LogP contribution in [0.5, 0.6) is 0 Å². The second-order valence-corrected chi connectivity index (χ2v) is 8.16. The molecule has 2 aromatic heterocycles. The summed E-state index contributed by atoms with van der Waals surface area (Å²) in [6.45, 7) is 5.79. The van der Waals surface area contributed by atoms with E-state index in [2.05, 4.69) is 30.8 Å². The van der Waals surface area contributed by atoms with Crippen LogP contribution in [0.1, 0.15) is 30.4 Å². The van der Waals surface area contributed by atoms with Gasteiger partial charge in [-0.05, 0) is 43.1 Å². The molecular formula is C14H19BrF3N5O2S. The van der Waals surface area contributed by atoms with Gasteiger partial charge in [-0.1, -0.05) is 0 Å². The maximum Gasteiger partial charge on any atom is 0.436 e. The van der Waals surface area contributed by atoms with Crippen LogP contribution in [0.25, 0.3) is 0 Å². The van der Waals surface area contributed by atoms with Crippen molar-refractivity contribution in [2.24, 2.45) is 0 Å². The first-order chi connectivity index (χ1) is 12.0. The van der Waals surface area contributed by atoms with E-state index in [1.165, 1.54) is 17.8 Å². The highest BCUT2D eigenvalue weighted by molar-refractivity contribution is 9.10. The van der Waals surface area contributed by atoms with E-state index in [9.17, 15) is 21.6 Å². The van der Waals surface area contributed by atoms with E-state index < -0.39 is 21.9 Å². The van der Waals surface area contributed by atoms with Crippen LogP contribution in [0.2, 0.25) is 0 Å². The molecule has 0 bridgehead atoms. The number of alkyl halides is 3. The monoisotopic (exact) mass is 457 g/mol. The van der Waals surface area contributed by atoms with Gasteiger partial charge in [-0.25, -0.2) is 13.1 Å². The van der Waals surface area contributed by atoms with Crippen molar-refractivity contribution < 1.29 is 21.6 Å². The zero-order valence-corrected chi connectivity index (χ0v) is 16.8. The molecule has 2 aromatic rings. The third-order valence-electron chi connectivity index (χ3n) is 3.89. The molecule has 0 saturated heterocycles. The standard InChI is InChI=1S/C14H19BrF3N5O2S/c1-4-22-9(2)11(8-19-22)26(24,25)20-6-5-7-23-10(3)12(15)13(21-23)14(16,17)18/h8,20H,4-7H2,1-3H3. The van der Waals surface area contributed by atoms with Crippen LogP contribution in [-0.4, -0.2) is 34.5 Å². The first-order valence-electron chi connectivity index (χ1n) is 7.81. The van der Waals surface area contributed by atoms with Crippen molar-refractivity contribution in [3.63, 3.8) is 0 Å². The SMILES string of the molecule is CCn1ncc(S(=O)(=O)NCCCn2nc(C(F)(F)F)c(Br)c2C)c1C. The van der Waals surface area contributed by atoms with Gasteiger partial charge >= 0.3 is 6.18 Å². The summed E-state index contributed by atoms with van der Waals surface area (Å²) < 4.78 is 68.2. The number of rotatable bonds is 7. The quantitative estimate of drug-likeness (QED) is 0.648. The molecule has 0 spiro atoms. The molecule has 0 unspecified atom stereocenters. The summed E-state index contributed by atoms with van der Waals surface area (Å²) >= 11 is 2.90. The van der Waals surface area contributed by atoms with E-state index in [0.717, 1.165) is 0 Å². The minimum Gasteiger partial charge on any atom is -0.269 e. The number of hydrogen-bond donors (Lipinski definition) is 1. The first-order valence-corrected chi connectivity index (χ1v) is 10.1. The number of nitrogens with zero attached hydrogens (tertiary/aromatic N) is 4. The fourth-order valence-electron chi connectivity index (χ4n) is 2.45. The lowest BCUT2D eigenvalue weighted by atomic mass is 10.3. The molecule has 0 aliphatic rings. The maximum atomic E-state index is 12.8. The number of halogens is 4. The Morgan fingerprint density at radius 2 is 1.88 bits per heavy atom. The Morgan fingerprint density at radius 1 is 1.23 bits per heavy atom. The summed E-state index contributed by atoms with van der Waals surface area (Å²) in [5.41, 5.74) is -0.125. The van der Waals surface area contributed by atoms with Crippen LogP contribution in [0.4, 0.5) is 13.2 Å². The summed E-state index contributed by atoms with van der Waals surface area (Å²) in [7, 11) is -3.72. The highest BCUT2D eigenvalue weighted by Crippen LogP contribution is 2.35. The number of nitrogens with one attached hydrogen (secondary N) is 1. The van der Waals surface area contributed by atoms with Gasteiger partial charge in [-0.15, -0.1) is 0 Å². The van der Waals surface area contributed by atoms with Crippen molar-refractivity contribution in [1.82, 2.24) is 24.3 Å². The molecule has 0 amide bonds. The first kappa shape index (κ1) is 20.9. The Labute approximate surface area is 157 Å². The molecule has 0 radical (unpaired) electrons. The Morgan fingerprint density at radius 3 is 2.38 bits per heavy atom. The van der Waals surface area contributed by atoms with Crippen LogP contribution >= 0.6 is 15.9 Å². The normalized spacial score (nSPS) is 12.7. The largest absolute Gasteiger partial charge is 0.436 e. The van der Waals surface area contributed by atoms with Crippen LogP contribution in [0, 0.1) is 13.8 Å². The molecule has 2 heterocycles. The lowest BCUT2D eigenvalue weighted by Gasteiger charge is -2.08. The molecule has 2 rings (SSSR count). The summed E-state index contributed by atoms with van der Waals surface area (Å²) in [5.74, 6) is 0. The van der Waals surface area contributed by atoms with E-state index in [1.807, 2.05) is 6.92 Å². The molecule has 146 valence electrons. The number of sulfonamides is 1. The summed E-state index contributed by atoms with van der Waals surface area (Å²) in [6.07, 6.45) is -2.98. The van der Waals surface area contributed by atoms with Crippen LogP contribution < -0.4 is 4.72 Å². The summed E-state index contributed by atoms with van der Waals surface area (Å²) in [6, 6.07) is 0. The average molecular weight is 458 g/mol. The second kappa shape index (κ2) is 7.69. The molecule has 1 N–H and O–H groups in total. The smallest absolute Gasteiger partial charge is 0.269 e. The zero-order chi connectivity index (χ0) is 19.7. The van der Waals surface area contributed by atoms with E-state index >= 15 is 0 Å². The van der Waals surface area contributed by atoms with E-state index in [0.29, 0.717) is 17.9 Å². The minimum atomic E-state index is -4.55. The maximum absolute atomic E-state index is 12.8. The fourth-order valence-corrected chi connectivity index (χ4v) is 4.21. The third kappa shape index (κ3) is 4.29. The highest BCUT2D eigenvalue weighted by atomic mass is 79.9. The van der Waals surface area contributed by atoms with Crippen molar-refractivity contribution in [2.45, 2.75) is 51.4 Å².